The summed E-state index contributed by atoms with van der Waals surface area (Å²) in [5.41, 5.74) is 2.56. The first-order valence-electron chi connectivity index (χ1n) is 8.89. The molecule has 0 aliphatic rings. The summed E-state index contributed by atoms with van der Waals surface area (Å²) in [6.07, 6.45) is 2.00. The molecule has 0 radical (unpaired) electrons. The van der Waals surface area contributed by atoms with Gasteiger partial charge in [-0.15, -0.1) is 0 Å². The molecule has 1 unspecified atom stereocenters. The van der Waals surface area contributed by atoms with Crippen molar-refractivity contribution in [1.29, 1.82) is 5.26 Å². The molecule has 0 aliphatic heterocycles. The van der Waals surface area contributed by atoms with Gasteiger partial charge in [-0.3, -0.25) is 4.79 Å². The molecule has 9 nitrogen and oxygen atoms in total. The zero-order valence-corrected chi connectivity index (χ0v) is 15.6. The lowest BCUT2D eigenvalue weighted by molar-refractivity contribution is -0.163. The van der Waals surface area contributed by atoms with Crippen LogP contribution >= 0.6 is 0 Å². The van der Waals surface area contributed by atoms with Crippen molar-refractivity contribution >= 4 is 17.1 Å². The second-order valence-electron chi connectivity index (χ2n) is 6.46. The molecule has 12 heteroatoms. The van der Waals surface area contributed by atoms with Crippen LogP contribution in [-0.2, 0) is 4.79 Å². The molecule has 156 valence electrons. The number of aromatic amines is 1. The summed E-state index contributed by atoms with van der Waals surface area (Å²) in [4.78, 5) is 26.8. The lowest BCUT2D eigenvalue weighted by Crippen LogP contribution is -2.38. The Balaban J connectivity index is 1.60. The second-order valence-corrected chi connectivity index (χ2v) is 6.46. The quantitative estimate of drug-likeness (QED) is 0.506. The number of carbonyl (C=O) groups excluding carboxylic acids is 1. The molecule has 0 spiro atoms. The Kier molecular flexibility index (Phi) is 5.08. The van der Waals surface area contributed by atoms with E-state index in [4.69, 9.17) is 5.26 Å². The van der Waals surface area contributed by atoms with Crippen LogP contribution in [0.3, 0.4) is 0 Å². The van der Waals surface area contributed by atoms with Crippen molar-refractivity contribution in [3.8, 4) is 23.0 Å². The monoisotopic (exact) mass is 426 g/mol. The van der Waals surface area contributed by atoms with E-state index in [1.165, 1.54) is 29.2 Å². The number of nitrogens with zero attached hydrogens (tertiary/aromatic N) is 6. The Morgan fingerprint density at radius 3 is 2.77 bits per heavy atom. The third kappa shape index (κ3) is 4.06. The largest absolute Gasteiger partial charge is 0.412 e. The normalized spacial score (nSPS) is 12.5. The van der Waals surface area contributed by atoms with Crippen LogP contribution in [0, 0.1) is 11.3 Å². The molecule has 4 aromatic rings. The van der Waals surface area contributed by atoms with E-state index in [9.17, 15) is 18.0 Å². The van der Waals surface area contributed by atoms with E-state index < -0.39 is 24.5 Å². The fourth-order valence-electron chi connectivity index (χ4n) is 3.02. The molecule has 0 fully saturated rings. The number of fused-ring (bicyclic) bond motifs is 1. The number of hydrogen-bond donors (Lipinski definition) is 2. The Hall–Kier alpha value is -4.27. The smallest absolute Gasteiger partial charge is 0.343 e. The van der Waals surface area contributed by atoms with Gasteiger partial charge in [0.05, 0.1) is 24.1 Å². The second kappa shape index (κ2) is 7.86. The predicted octanol–water partition coefficient (Wildman–Crippen LogP) is 2.84. The van der Waals surface area contributed by atoms with Gasteiger partial charge in [0.15, 0.2) is 17.5 Å². The minimum Gasteiger partial charge on any atom is -0.343 e. The minimum atomic E-state index is -4.75. The SMILES string of the molecule is N#CCC(=O)NC(c1ccc(-n2cc(-c3ccnc4nc[nH]c34)cn2)nc1)C(F)(F)F. The summed E-state index contributed by atoms with van der Waals surface area (Å²) in [5, 5.41) is 14.5. The Labute approximate surface area is 172 Å². The number of hydrogen-bond acceptors (Lipinski definition) is 6. The Morgan fingerprint density at radius 1 is 1.23 bits per heavy atom. The molecule has 0 aliphatic carbocycles. The summed E-state index contributed by atoms with van der Waals surface area (Å²) in [6.45, 7) is 0. The Bertz CT molecular complexity index is 1270. The number of pyridine rings is 2. The van der Waals surface area contributed by atoms with Crippen molar-refractivity contribution in [3.63, 3.8) is 0 Å². The highest BCUT2D eigenvalue weighted by atomic mass is 19.4. The third-order valence-electron chi connectivity index (χ3n) is 4.43. The van der Waals surface area contributed by atoms with Crippen molar-refractivity contribution in [2.24, 2.45) is 0 Å². The van der Waals surface area contributed by atoms with E-state index in [1.807, 2.05) is 5.32 Å². The molecular weight excluding hydrogens is 413 g/mol. The molecule has 1 amide bonds. The van der Waals surface area contributed by atoms with Crippen LogP contribution in [-0.4, -0.2) is 41.8 Å². The molecule has 0 saturated heterocycles. The molecule has 4 heterocycles. The van der Waals surface area contributed by atoms with Crippen molar-refractivity contribution in [2.75, 3.05) is 0 Å². The number of aromatic nitrogens is 6. The zero-order valence-electron chi connectivity index (χ0n) is 15.6. The molecule has 0 bridgehead atoms. The first-order valence-corrected chi connectivity index (χ1v) is 8.89. The lowest BCUT2D eigenvalue weighted by atomic mass is 10.1. The van der Waals surface area contributed by atoms with E-state index in [-0.39, 0.29) is 11.4 Å². The van der Waals surface area contributed by atoms with Gasteiger partial charge in [-0.05, 0) is 12.1 Å². The standard InChI is InChI=1S/C19H13F3N8O/c20-19(21,22)17(29-15(31)3-5-23)11-1-2-14(25-7-11)30-9-12(8-28-30)13-4-6-24-18-16(13)26-10-27-18/h1-2,4,6-10,17H,3H2,(H,29,31)(H,24,26,27). The third-order valence-corrected chi connectivity index (χ3v) is 4.43. The van der Waals surface area contributed by atoms with Crippen LogP contribution in [0.25, 0.3) is 28.1 Å². The average Bonchev–Trinajstić information content (AvgIpc) is 3.41. The van der Waals surface area contributed by atoms with Gasteiger partial charge in [-0.2, -0.15) is 23.5 Å². The maximum absolute atomic E-state index is 13.4. The molecule has 31 heavy (non-hydrogen) atoms. The van der Waals surface area contributed by atoms with Gasteiger partial charge in [-0.25, -0.2) is 19.6 Å². The van der Waals surface area contributed by atoms with Crippen LogP contribution in [0.2, 0.25) is 0 Å². The number of nitrogens with one attached hydrogen (secondary N) is 2. The highest BCUT2D eigenvalue weighted by molar-refractivity contribution is 5.88. The number of alkyl halides is 3. The van der Waals surface area contributed by atoms with Crippen LogP contribution in [0.5, 0.6) is 0 Å². The zero-order chi connectivity index (χ0) is 22.0. The maximum atomic E-state index is 13.4. The predicted molar refractivity (Wildman–Crippen MR) is 101 cm³/mol. The van der Waals surface area contributed by atoms with Gasteiger partial charge < -0.3 is 10.3 Å². The number of H-pyrrole nitrogens is 1. The van der Waals surface area contributed by atoms with Crippen LogP contribution in [0.1, 0.15) is 18.0 Å². The molecule has 1 atom stereocenters. The number of amides is 1. The van der Waals surface area contributed by atoms with Gasteiger partial charge >= 0.3 is 6.18 Å². The lowest BCUT2D eigenvalue weighted by Gasteiger charge is -2.21. The van der Waals surface area contributed by atoms with E-state index in [1.54, 1.807) is 24.7 Å². The fourth-order valence-corrected chi connectivity index (χ4v) is 3.02. The van der Waals surface area contributed by atoms with Crippen LogP contribution in [0.15, 0.2) is 49.3 Å². The van der Waals surface area contributed by atoms with Gasteiger partial charge in [-0.1, -0.05) is 6.07 Å². The summed E-state index contributed by atoms with van der Waals surface area (Å²) >= 11 is 0. The molecular formula is C19H13F3N8O. The molecule has 4 rings (SSSR count). The van der Waals surface area contributed by atoms with Crippen LogP contribution < -0.4 is 5.32 Å². The molecule has 0 saturated carbocycles. The van der Waals surface area contributed by atoms with Crippen molar-refractivity contribution in [2.45, 2.75) is 18.6 Å². The number of nitriles is 1. The molecule has 2 N–H and O–H groups in total. The van der Waals surface area contributed by atoms with Crippen molar-refractivity contribution < 1.29 is 18.0 Å². The number of rotatable bonds is 5. The maximum Gasteiger partial charge on any atom is 0.412 e. The highest BCUT2D eigenvalue weighted by Crippen LogP contribution is 2.33. The molecule has 4 aromatic heterocycles. The average molecular weight is 426 g/mol. The van der Waals surface area contributed by atoms with Gasteiger partial charge in [0.1, 0.15) is 6.42 Å². The van der Waals surface area contributed by atoms with Gasteiger partial charge in [0.25, 0.3) is 0 Å². The van der Waals surface area contributed by atoms with Gasteiger partial charge in [0, 0.05) is 35.3 Å². The summed E-state index contributed by atoms with van der Waals surface area (Å²) in [6, 6.07) is 3.60. The van der Waals surface area contributed by atoms with E-state index in [0.717, 1.165) is 22.8 Å². The Morgan fingerprint density at radius 2 is 2.06 bits per heavy atom. The number of imidazole rings is 1. The van der Waals surface area contributed by atoms with E-state index in [2.05, 4.69) is 25.0 Å². The fraction of sp³-hybridized carbons (Fsp3) is 0.158. The van der Waals surface area contributed by atoms with Crippen molar-refractivity contribution in [3.05, 3.63) is 54.9 Å². The topological polar surface area (TPSA) is 125 Å². The minimum absolute atomic E-state index is 0.261. The van der Waals surface area contributed by atoms with E-state index in [0.29, 0.717) is 5.65 Å². The number of carbonyl (C=O) groups is 1. The van der Waals surface area contributed by atoms with Gasteiger partial charge in [0.2, 0.25) is 5.91 Å². The highest BCUT2D eigenvalue weighted by Gasteiger charge is 2.42. The summed E-state index contributed by atoms with van der Waals surface area (Å²) in [5.74, 6) is -0.734. The van der Waals surface area contributed by atoms with Crippen molar-refractivity contribution in [1.82, 2.24) is 35.0 Å². The first kappa shape index (κ1) is 20.0. The van der Waals surface area contributed by atoms with E-state index >= 15 is 0 Å². The first-order chi connectivity index (χ1) is 14.9. The summed E-state index contributed by atoms with van der Waals surface area (Å²) in [7, 11) is 0. The summed E-state index contributed by atoms with van der Waals surface area (Å²) < 4.78 is 41.5. The molecule has 0 aromatic carbocycles. The number of halogens is 3. The van der Waals surface area contributed by atoms with Crippen LogP contribution in [0.4, 0.5) is 13.2 Å².